The molecule has 1 aromatic carbocycles. The van der Waals surface area contributed by atoms with Crippen molar-refractivity contribution in [3.05, 3.63) is 23.3 Å². The largest absolute Gasteiger partial charge is 0.481 e. The van der Waals surface area contributed by atoms with Gasteiger partial charge in [0.2, 0.25) is 0 Å². The van der Waals surface area contributed by atoms with E-state index in [0.717, 1.165) is 17.5 Å². The summed E-state index contributed by atoms with van der Waals surface area (Å²) in [4.78, 5) is 11.4. The van der Waals surface area contributed by atoms with Crippen LogP contribution in [-0.2, 0) is 4.79 Å². The lowest BCUT2D eigenvalue weighted by molar-refractivity contribution is -0.123. The van der Waals surface area contributed by atoms with Gasteiger partial charge in [-0.2, -0.15) is 0 Å². The summed E-state index contributed by atoms with van der Waals surface area (Å²) < 4.78 is 5.44. The normalized spacial score (nSPS) is 10.1. The number of benzene rings is 1. The quantitative estimate of drug-likeness (QED) is 0.766. The third-order valence-corrected chi connectivity index (χ3v) is 2.37. The Balaban J connectivity index is 2.60. The smallest absolute Gasteiger partial charge is 0.257 e. The Bertz CT molecular complexity index is 379. The van der Waals surface area contributed by atoms with Crippen LogP contribution in [0.25, 0.3) is 0 Å². The molecule has 1 aromatic rings. The van der Waals surface area contributed by atoms with E-state index in [1.165, 1.54) is 0 Å². The van der Waals surface area contributed by atoms with E-state index in [0.29, 0.717) is 18.0 Å². The fraction of sp³-hybridized carbons (Fsp3) is 0.462. The van der Waals surface area contributed by atoms with E-state index in [1.807, 2.05) is 32.9 Å². The molecule has 0 aliphatic heterocycles. The summed E-state index contributed by atoms with van der Waals surface area (Å²) in [6, 6.07) is 3.82. The molecule has 3 N–H and O–H groups in total. The summed E-state index contributed by atoms with van der Waals surface area (Å²) in [6.07, 6.45) is 0.914. The Morgan fingerprint density at radius 3 is 2.71 bits per heavy atom. The molecule has 0 bridgehead atoms. The zero-order valence-corrected chi connectivity index (χ0v) is 10.7. The fourth-order valence-electron chi connectivity index (χ4n) is 1.64. The molecule has 4 nitrogen and oxygen atoms in total. The van der Waals surface area contributed by atoms with Crippen LogP contribution < -0.4 is 15.8 Å². The Morgan fingerprint density at radius 1 is 1.41 bits per heavy atom. The second-order valence-electron chi connectivity index (χ2n) is 4.14. The van der Waals surface area contributed by atoms with E-state index in [4.69, 9.17) is 10.5 Å². The lowest BCUT2D eigenvalue weighted by Crippen LogP contribution is -2.29. The third-order valence-electron chi connectivity index (χ3n) is 2.37. The molecule has 0 aliphatic rings. The predicted octanol–water partition coefficient (Wildman–Crippen LogP) is 1.79. The summed E-state index contributed by atoms with van der Waals surface area (Å²) in [5, 5.41) is 2.75. The molecule has 4 heteroatoms. The van der Waals surface area contributed by atoms with E-state index in [2.05, 4.69) is 5.32 Å². The second-order valence-corrected chi connectivity index (χ2v) is 4.14. The van der Waals surface area contributed by atoms with Crippen molar-refractivity contribution in [2.75, 3.05) is 18.9 Å². The number of nitrogens with two attached hydrogens (primary N) is 1. The van der Waals surface area contributed by atoms with Crippen LogP contribution in [0.5, 0.6) is 5.75 Å². The zero-order chi connectivity index (χ0) is 12.8. The van der Waals surface area contributed by atoms with Gasteiger partial charge in [0.15, 0.2) is 6.61 Å². The molecule has 0 atom stereocenters. The van der Waals surface area contributed by atoms with Crippen molar-refractivity contribution in [3.8, 4) is 5.75 Å². The van der Waals surface area contributed by atoms with Crippen molar-refractivity contribution in [1.29, 1.82) is 0 Å². The minimum Gasteiger partial charge on any atom is -0.481 e. The summed E-state index contributed by atoms with van der Waals surface area (Å²) in [5.74, 6) is 0.480. The number of anilines is 1. The summed E-state index contributed by atoms with van der Waals surface area (Å²) in [6.45, 7) is 6.58. The van der Waals surface area contributed by atoms with Gasteiger partial charge in [-0.05, 0) is 37.5 Å². The zero-order valence-electron chi connectivity index (χ0n) is 10.7. The molecule has 0 radical (unpaired) electrons. The van der Waals surface area contributed by atoms with Gasteiger partial charge in [-0.25, -0.2) is 0 Å². The van der Waals surface area contributed by atoms with Gasteiger partial charge in [-0.3, -0.25) is 4.79 Å². The first-order valence-corrected chi connectivity index (χ1v) is 5.80. The van der Waals surface area contributed by atoms with Gasteiger partial charge in [0.1, 0.15) is 5.75 Å². The summed E-state index contributed by atoms with van der Waals surface area (Å²) >= 11 is 0. The summed E-state index contributed by atoms with van der Waals surface area (Å²) in [7, 11) is 0. The Labute approximate surface area is 102 Å². The molecule has 1 rings (SSSR count). The number of hydrogen-bond acceptors (Lipinski definition) is 3. The highest BCUT2D eigenvalue weighted by atomic mass is 16.5. The standard InChI is InChI=1S/C13H20N2O2/c1-4-5-15-12(16)8-17-13-10(3)6-9(2)7-11(13)14/h6-7H,4-5,8,14H2,1-3H3,(H,15,16). The molecule has 0 unspecified atom stereocenters. The maximum Gasteiger partial charge on any atom is 0.257 e. The summed E-state index contributed by atoms with van der Waals surface area (Å²) in [5.41, 5.74) is 8.46. The van der Waals surface area contributed by atoms with Gasteiger partial charge in [0.05, 0.1) is 5.69 Å². The highest BCUT2D eigenvalue weighted by Crippen LogP contribution is 2.27. The van der Waals surface area contributed by atoms with E-state index < -0.39 is 0 Å². The number of ether oxygens (including phenoxy) is 1. The number of nitrogen functional groups attached to an aromatic ring is 1. The molecule has 1 amide bonds. The molecular formula is C13H20N2O2. The van der Waals surface area contributed by atoms with Gasteiger partial charge in [-0.1, -0.05) is 13.0 Å². The van der Waals surface area contributed by atoms with Crippen molar-refractivity contribution < 1.29 is 9.53 Å². The van der Waals surface area contributed by atoms with Crippen LogP contribution in [0.1, 0.15) is 24.5 Å². The van der Waals surface area contributed by atoms with Crippen LogP contribution in [0.15, 0.2) is 12.1 Å². The minimum atomic E-state index is -0.119. The van der Waals surface area contributed by atoms with Crippen LogP contribution in [0.3, 0.4) is 0 Å². The number of aryl methyl sites for hydroxylation is 2. The van der Waals surface area contributed by atoms with E-state index in [1.54, 1.807) is 0 Å². The number of carbonyl (C=O) groups is 1. The molecule has 94 valence electrons. The number of carbonyl (C=O) groups excluding carboxylic acids is 1. The van der Waals surface area contributed by atoms with Gasteiger partial charge in [-0.15, -0.1) is 0 Å². The molecule has 0 fully saturated rings. The van der Waals surface area contributed by atoms with Crippen LogP contribution in [0.2, 0.25) is 0 Å². The fourth-order valence-corrected chi connectivity index (χ4v) is 1.64. The van der Waals surface area contributed by atoms with E-state index in [-0.39, 0.29) is 12.5 Å². The topological polar surface area (TPSA) is 64.3 Å². The molecule has 0 saturated heterocycles. The van der Waals surface area contributed by atoms with Gasteiger partial charge < -0.3 is 15.8 Å². The Kier molecular flexibility index (Phi) is 4.82. The van der Waals surface area contributed by atoms with Crippen LogP contribution in [0.4, 0.5) is 5.69 Å². The molecular weight excluding hydrogens is 216 g/mol. The van der Waals surface area contributed by atoms with Crippen LogP contribution in [-0.4, -0.2) is 19.1 Å². The highest BCUT2D eigenvalue weighted by molar-refractivity contribution is 5.77. The molecule has 17 heavy (non-hydrogen) atoms. The maximum atomic E-state index is 11.4. The van der Waals surface area contributed by atoms with Crippen LogP contribution >= 0.6 is 0 Å². The first kappa shape index (κ1) is 13.4. The Morgan fingerprint density at radius 2 is 2.12 bits per heavy atom. The molecule has 0 spiro atoms. The first-order chi connectivity index (χ1) is 8.04. The van der Waals surface area contributed by atoms with Gasteiger partial charge in [0.25, 0.3) is 5.91 Å². The number of amides is 1. The first-order valence-electron chi connectivity index (χ1n) is 5.80. The lowest BCUT2D eigenvalue weighted by atomic mass is 10.1. The SMILES string of the molecule is CCCNC(=O)COc1c(C)cc(C)cc1N. The molecule has 0 aromatic heterocycles. The average molecular weight is 236 g/mol. The molecule has 0 heterocycles. The van der Waals surface area contributed by atoms with Crippen molar-refractivity contribution in [2.45, 2.75) is 27.2 Å². The maximum absolute atomic E-state index is 11.4. The minimum absolute atomic E-state index is 0.00804. The third kappa shape index (κ3) is 3.98. The van der Waals surface area contributed by atoms with Crippen LogP contribution in [0, 0.1) is 13.8 Å². The van der Waals surface area contributed by atoms with Gasteiger partial charge >= 0.3 is 0 Å². The second kappa shape index (κ2) is 6.13. The van der Waals surface area contributed by atoms with Crippen molar-refractivity contribution >= 4 is 11.6 Å². The van der Waals surface area contributed by atoms with Crippen molar-refractivity contribution in [3.63, 3.8) is 0 Å². The van der Waals surface area contributed by atoms with E-state index in [9.17, 15) is 4.79 Å². The van der Waals surface area contributed by atoms with E-state index >= 15 is 0 Å². The van der Waals surface area contributed by atoms with Crippen molar-refractivity contribution in [2.24, 2.45) is 0 Å². The highest BCUT2D eigenvalue weighted by Gasteiger charge is 2.08. The Hall–Kier alpha value is -1.71. The number of nitrogens with one attached hydrogen (secondary N) is 1. The monoisotopic (exact) mass is 236 g/mol. The van der Waals surface area contributed by atoms with Gasteiger partial charge in [0, 0.05) is 6.54 Å². The predicted molar refractivity (Wildman–Crippen MR) is 69.1 cm³/mol. The number of rotatable bonds is 5. The molecule has 0 aliphatic carbocycles. The average Bonchev–Trinajstić information content (AvgIpc) is 2.24. The lowest BCUT2D eigenvalue weighted by Gasteiger charge is -2.12. The van der Waals surface area contributed by atoms with Crippen molar-refractivity contribution in [1.82, 2.24) is 5.32 Å². The number of hydrogen-bond donors (Lipinski definition) is 2. The molecule has 0 saturated carbocycles.